The normalized spacial score (nSPS) is 37.4. The first-order chi connectivity index (χ1) is 6.29. The van der Waals surface area contributed by atoms with Gasteiger partial charge in [-0.2, -0.15) is 0 Å². The standard InChI is InChI=1S/C13H24/c1-3-13(4-2)9-11-7-5-6-8-12(11)10-13/h11-12H,3-10H2,1-2H3. The molecule has 13 heavy (non-hydrogen) atoms. The molecular formula is C13H24. The molecule has 76 valence electrons. The van der Waals surface area contributed by atoms with Gasteiger partial charge in [-0.15, -0.1) is 0 Å². The fourth-order valence-electron chi connectivity index (χ4n) is 3.84. The Labute approximate surface area is 83.1 Å². The van der Waals surface area contributed by atoms with Gasteiger partial charge in [-0.05, 0) is 30.1 Å². The van der Waals surface area contributed by atoms with Crippen molar-refractivity contribution in [2.75, 3.05) is 0 Å². The molecule has 2 saturated carbocycles. The second-order valence-corrected chi connectivity index (χ2v) is 5.42. The van der Waals surface area contributed by atoms with E-state index in [4.69, 9.17) is 0 Å². The molecule has 0 spiro atoms. The molecule has 2 atom stereocenters. The van der Waals surface area contributed by atoms with Gasteiger partial charge in [0.05, 0.1) is 0 Å². The van der Waals surface area contributed by atoms with Crippen LogP contribution in [0, 0.1) is 17.3 Å². The molecule has 2 unspecified atom stereocenters. The van der Waals surface area contributed by atoms with Gasteiger partial charge in [0.15, 0.2) is 0 Å². The Morgan fingerprint density at radius 1 is 0.923 bits per heavy atom. The maximum absolute atomic E-state index is 2.40. The summed E-state index contributed by atoms with van der Waals surface area (Å²) < 4.78 is 0. The van der Waals surface area contributed by atoms with Gasteiger partial charge in [-0.25, -0.2) is 0 Å². The average molecular weight is 180 g/mol. The molecule has 2 aliphatic carbocycles. The molecule has 0 aromatic carbocycles. The van der Waals surface area contributed by atoms with Crippen LogP contribution in [0.15, 0.2) is 0 Å². The molecule has 2 rings (SSSR count). The van der Waals surface area contributed by atoms with E-state index < -0.39 is 0 Å². The van der Waals surface area contributed by atoms with Crippen LogP contribution in [-0.4, -0.2) is 0 Å². The SMILES string of the molecule is CCC1(CC)CC2CCCCC2C1. The summed E-state index contributed by atoms with van der Waals surface area (Å²) in [6.07, 6.45) is 12.1. The van der Waals surface area contributed by atoms with Crippen molar-refractivity contribution in [2.24, 2.45) is 17.3 Å². The molecule has 2 aliphatic rings. The summed E-state index contributed by atoms with van der Waals surface area (Å²) in [6.45, 7) is 4.81. The van der Waals surface area contributed by atoms with Gasteiger partial charge >= 0.3 is 0 Å². The zero-order valence-corrected chi connectivity index (χ0v) is 9.31. The van der Waals surface area contributed by atoms with Crippen LogP contribution in [0.5, 0.6) is 0 Å². The number of rotatable bonds is 2. The number of fused-ring (bicyclic) bond motifs is 1. The molecular weight excluding hydrogens is 156 g/mol. The fourth-order valence-corrected chi connectivity index (χ4v) is 3.84. The minimum atomic E-state index is 0.764. The third-order valence-corrected chi connectivity index (χ3v) is 4.96. The van der Waals surface area contributed by atoms with Crippen LogP contribution in [0.1, 0.15) is 65.2 Å². The Morgan fingerprint density at radius 2 is 1.38 bits per heavy atom. The fraction of sp³-hybridized carbons (Fsp3) is 1.00. The second-order valence-electron chi connectivity index (χ2n) is 5.42. The van der Waals surface area contributed by atoms with Gasteiger partial charge < -0.3 is 0 Å². The lowest BCUT2D eigenvalue weighted by molar-refractivity contribution is 0.257. The highest BCUT2D eigenvalue weighted by Crippen LogP contribution is 2.54. The largest absolute Gasteiger partial charge is 0.0649 e. The summed E-state index contributed by atoms with van der Waals surface area (Å²) >= 11 is 0. The van der Waals surface area contributed by atoms with Gasteiger partial charge in [0, 0.05) is 0 Å². The smallest absolute Gasteiger partial charge is 0.0297 e. The zero-order valence-electron chi connectivity index (χ0n) is 9.31. The summed E-state index contributed by atoms with van der Waals surface area (Å²) in [7, 11) is 0. The van der Waals surface area contributed by atoms with Crippen LogP contribution in [0.3, 0.4) is 0 Å². The van der Waals surface area contributed by atoms with Crippen LogP contribution < -0.4 is 0 Å². The highest BCUT2D eigenvalue weighted by atomic mass is 14.5. The van der Waals surface area contributed by atoms with E-state index in [-0.39, 0.29) is 0 Å². The highest BCUT2D eigenvalue weighted by Gasteiger charge is 2.43. The zero-order chi connectivity index (χ0) is 9.31. The third-order valence-electron chi connectivity index (χ3n) is 4.96. The summed E-state index contributed by atoms with van der Waals surface area (Å²) in [4.78, 5) is 0. The predicted octanol–water partition coefficient (Wildman–Crippen LogP) is 4.39. The number of hydrogen-bond acceptors (Lipinski definition) is 0. The van der Waals surface area contributed by atoms with E-state index in [1.165, 1.54) is 25.7 Å². The van der Waals surface area contributed by atoms with E-state index in [0.717, 1.165) is 17.3 Å². The lowest BCUT2D eigenvalue weighted by Gasteiger charge is -2.26. The van der Waals surface area contributed by atoms with E-state index in [1.807, 2.05) is 0 Å². The first-order valence-corrected chi connectivity index (χ1v) is 6.29. The van der Waals surface area contributed by atoms with Crippen LogP contribution in [0.2, 0.25) is 0 Å². The van der Waals surface area contributed by atoms with Crippen molar-refractivity contribution in [2.45, 2.75) is 65.2 Å². The first kappa shape index (κ1) is 9.55. The summed E-state index contributed by atoms with van der Waals surface area (Å²) in [5, 5.41) is 0. The van der Waals surface area contributed by atoms with Crippen LogP contribution in [-0.2, 0) is 0 Å². The van der Waals surface area contributed by atoms with Gasteiger partial charge in [-0.1, -0.05) is 52.4 Å². The van der Waals surface area contributed by atoms with Crippen molar-refractivity contribution < 1.29 is 0 Å². The quantitative estimate of drug-likeness (QED) is 0.591. The maximum atomic E-state index is 2.40. The van der Waals surface area contributed by atoms with E-state index in [0.29, 0.717) is 0 Å². The molecule has 0 aliphatic heterocycles. The Kier molecular flexibility index (Phi) is 2.67. The van der Waals surface area contributed by atoms with Crippen molar-refractivity contribution >= 4 is 0 Å². The average Bonchev–Trinajstić information content (AvgIpc) is 2.57. The lowest BCUT2D eigenvalue weighted by atomic mass is 9.80. The summed E-state index contributed by atoms with van der Waals surface area (Å²) in [5.74, 6) is 2.24. The Morgan fingerprint density at radius 3 is 1.77 bits per heavy atom. The topological polar surface area (TPSA) is 0 Å². The third kappa shape index (κ3) is 1.65. The minimum Gasteiger partial charge on any atom is -0.0649 e. The van der Waals surface area contributed by atoms with Crippen LogP contribution in [0.4, 0.5) is 0 Å². The van der Waals surface area contributed by atoms with Crippen molar-refractivity contribution in [3.8, 4) is 0 Å². The molecule has 0 amide bonds. The Bertz CT molecular complexity index is 151. The van der Waals surface area contributed by atoms with E-state index in [9.17, 15) is 0 Å². The van der Waals surface area contributed by atoms with Gasteiger partial charge in [0.2, 0.25) is 0 Å². The molecule has 0 bridgehead atoms. The molecule has 0 aromatic heterocycles. The Balaban J connectivity index is 2.04. The Hall–Kier alpha value is 0. The van der Waals surface area contributed by atoms with E-state index >= 15 is 0 Å². The van der Waals surface area contributed by atoms with Gasteiger partial charge in [0.25, 0.3) is 0 Å². The molecule has 0 aromatic rings. The molecule has 0 N–H and O–H groups in total. The predicted molar refractivity (Wildman–Crippen MR) is 57.7 cm³/mol. The summed E-state index contributed by atoms with van der Waals surface area (Å²) in [6, 6.07) is 0. The van der Waals surface area contributed by atoms with E-state index in [2.05, 4.69) is 13.8 Å². The molecule has 0 heteroatoms. The summed E-state index contributed by atoms with van der Waals surface area (Å²) in [5.41, 5.74) is 0.764. The monoisotopic (exact) mass is 180 g/mol. The lowest BCUT2D eigenvalue weighted by Crippen LogP contribution is -2.14. The second kappa shape index (κ2) is 3.63. The molecule has 2 fully saturated rings. The molecule has 0 saturated heterocycles. The van der Waals surface area contributed by atoms with Crippen molar-refractivity contribution in [3.05, 3.63) is 0 Å². The number of hydrogen-bond donors (Lipinski definition) is 0. The maximum Gasteiger partial charge on any atom is -0.0297 e. The molecule has 0 heterocycles. The van der Waals surface area contributed by atoms with Crippen LogP contribution >= 0.6 is 0 Å². The van der Waals surface area contributed by atoms with E-state index in [1.54, 1.807) is 25.7 Å². The van der Waals surface area contributed by atoms with Crippen LogP contribution in [0.25, 0.3) is 0 Å². The minimum absolute atomic E-state index is 0.764. The van der Waals surface area contributed by atoms with Crippen molar-refractivity contribution in [3.63, 3.8) is 0 Å². The van der Waals surface area contributed by atoms with Gasteiger partial charge in [-0.3, -0.25) is 0 Å². The van der Waals surface area contributed by atoms with Crippen molar-refractivity contribution in [1.29, 1.82) is 0 Å². The highest BCUT2D eigenvalue weighted by molar-refractivity contribution is 4.94. The first-order valence-electron chi connectivity index (χ1n) is 6.29. The van der Waals surface area contributed by atoms with Gasteiger partial charge in [0.1, 0.15) is 0 Å². The van der Waals surface area contributed by atoms with Crippen molar-refractivity contribution in [1.82, 2.24) is 0 Å². The molecule has 0 radical (unpaired) electrons. The molecule has 0 nitrogen and oxygen atoms in total.